The van der Waals surface area contributed by atoms with Gasteiger partial charge in [-0.1, -0.05) is 31.2 Å². The predicted molar refractivity (Wildman–Crippen MR) is 98.6 cm³/mol. The minimum atomic E-state index is 0.0155. The quantitative estimate of drug-likeness (QED) is 0.787. The molecule has 5 nitrogen and oxygen atoms in total. The van der Waals surface area contributed by atoms with Crippen molar-refractivity contribution in [3.8, 4) is 5.75 Å². The van der Waals surface area contributed by atoms with Gasteiger partial charge in [-0.25, -0.2) is 4.68 Å². The summed E-state index contributed by atoms with van der Waals surface area (Å²) in [7, 11) is 1.67. The summed E-state index contributed by atoms with van der Waals surface area (Å²) in [6.07, 6.45) is 4.80. The van der Waals surface area contributed by atoms with E-state index in [1.165, 1.54) is 11.1 Å². The molecule has 0 aliphatic carbocycles. The van der Waals surface area contributed by atoms with Gasteiger partial charge in [0.1, 0.15) is 18.1 Å². The zero-order valence-electron chi connectivity index (χ0n) is 14.3. The van der Waals surface area contributed by atoms with Crippen LogP contribution in [-0.4, -0.2) is 21.9 Å². The molecule has 1 aliphatic rings. The number of benzene rings is 2. The SMILES string of the molecule is CCc1ccc([C@H]2C=C(c3ccc(OC)cc3)Nc3ncnn32)cc1. The fourth-order valence-electron chi connectivity index (χ4n) is 3.06. The number of ether oxygens (including phenoxy) is 1. The highest BCUT2D eigenvalue weighted by Gasteiger charge is 2.23. The van der Waals surface area contributed by atoms with Gasteiger partial charge in [0.15, 0.2) is 0 Å². The summed E-state index contributed by atoms with van der Waals surface area (Å²) < 4.78 is 7.16. The lowest BCUT2D eigenvalue weighted by atomic mass is 10.00. The van der Waals surface area contributed by atoms with Crippen LogP contribution in [0.15, 0.2) is 60.9 Å². The van der Waals surface area contributed by atoms with E-state index in [-0.39, 0.29) is 6.04 Å². The number of nitrogens with one attached hydrogen (secondary N) is 1. The summed E-state index contributed by atoms with van der Waals surface area (Å²) in [4.78, 5) is 4.35. The largest absolute Gasteiger partial charge is 0.497 e. The third kappa shape index (κ3) is 2.89. The molecule has 1 aliphatic heterocycles. The first kappa shape index (κ1) is 15.4. The smallest absolute Gasteiger partial charge is 0.226 e. The van der Waals surface area contributed by atoms with Gasteiger partial charge in [-0.15, -0.1) is 0 Å². The van der Waals surface area contributed by atoms with Crippen molar-refractivity contribution in [2.24, 2.45) is 0 Å². The minimum Gasteiger partial charge on any atom is -0.497 e. The fraction of sp³-hybridized carbons (Fsp3) is 0.200. The van der Waals surface area contributed by atoms with Crippen LogP contribution in [0, 0.1) is 0 Å². The van der Waals surface area contributed by atoms with Crippen LogP contribution < -0.4 is 10.1 Å². The normalized spacial score (nSPS) is 15.9. The number of methoxy groups -OCH3 is 1. The van der Waals surface area contributed by atoms with Gasteiger partial charge in [0, 0.05) is 5.70 Å². The molecule has 0 amide bonds. The van der Waals surface area contributed by atoms with Crippen LogP contribution in [-0.2, 0) is 6.42 Å². The van der Waals surface area contributed by atoms with Crippen molar-refractivity contribution in [1.29, 1.82) is 0 Å². The molecule has 4 rings (SSSR count). The molecular weight excluding hydrogens is 312 g/mol. The molecule has 5 heteroatoms. The van der Waals surface area contributed by atoms with Crippen LogP contribution in [0.3, 0.4) is 0 Å². The zero-order chi connectivity index (χ0) is 17.2. The highest BCUT2D eigenvalue weighted by molar-refractivity contribution is 5.77. The lowest BCUT2D eigenvalue weighted by Gasteiger charge is -2.24. The molecule has 0 radical (unpaired) electrons. The van der Waals surface area contributed by atoms with Crippen molar-refractivity contribution in [3.05, 3.63) is 77.6 Å². The van der Waals surface area contributed by atoms with Crippen LogP contribution in [0.2, 0.25) is 0 Å². The second-order valence-electron chi connectivity index (χ2n) is 6.00. The average molecular weight is 332 g/mol. The molecule has 0 saturated heterocycles. The van der Waals surface area contributed by atoms with E-state index in [4.69, 9.17) is 4.74 Å². The number of hydrogen-bond donors (Lipinski definition) is 1. The Kier molecular flexibility index (Phi) is 3.98. The molecule has 126 valence electrons. The Hall–Kier alpha value is -3.08. The number of aromatic nitrogens is 3. The van der Waals surface area contributed by atoms with Gasteiger partial charge in [0.25, 0.3) is 0 Å². The van der Waals surface area contributed by atoms with Gasteiger partial charge in [-0.3, -0.25) is 0 Å². The first-order valence-electron chi connectivity index (χ1n) is 8.40. The molecule has 1 aromatic heterocycles. The van der Waals surface area contributed by atoms with Crippen molar-refractivity contribution >= 4 is 11.6 Å². The summed E-state index contributed by atoms with van der Waals surface area (Å²) in [5.74, 6) is 1.59. The molecule has 25 heavy (non-hydrogen) atoms. The first-order chi connectivity index (χ1) is 12.3. The Balaban J connectivity index is 1.74. The van der Waals surface area contributed by atoms with Crippen molar-refractivity contribution in [2.45, 2.75) is 19.4 Å². The number of rotatable bonds is 4. The van der Waals surface area contributed by atoms with E-state index in [1.54, 1.807) is 13.4 Å². The molecule has 1 atom stereocenters. The number of anilines is 1. The molecular formula is C20H20N4O. The maximum absolute atomic E-state index is 5.25. The number of fused-ring (bicyclic) bond motifs is 1. The van der Waals surface area contributed by atoms with E-state index >= 15 is 0 Å². The zero-order valence-corrected chi connectivity index (χ0v) is 14.3. The lowest BCUT2D eigenvalue weighted by molar-refractivity contribution is 0.415. The topological polar surface area (TPSA) is 52.0 Å². The monoisotopic (exact) mass is 332 g/mol. The van der Waals surface area contributed by atoms with Crippen molar-refractivity contribution in [1.82, 2.24) is 14.8 Å². The third-order valence-corrected chi connectivity index (χ3v) is 4.54. The van der Waals surface area contributed by atoms with Crippen LogP contribution in [0.5, 0.6) is 5.75 Å². The summed E-state index contributed by atoms with van der Waals surface area (Å²) in [6, 6.07) is 16.7. The van der Waals surface area contributed by atoms with Crippen LogP contribution in [0.4, 0.5) is 5.95 Å². The Morgan fingerprint density at radius 1 is 1.08 bits per heavy atom. The van der Waals surface area contributed by atoms with Gasteiger partial charge in [-0.05, 0) is 53.5 Å². The van der Waals surface area contributed by atoms with E-state index in [9.17, 15) is 0 Å². The summed E-state index contributed by atoms with van der Waals surface area (Å²) in [5.41, 5.74) is 4.63. The van der Waals surface area contributed by atoms with E-state index in [2.05, 4.69) is 52.7 Å². The second kappa shape index (κ2) is 6.43. The Morgan fingerprint density at radius 2 is 1.84 bits per heavy atom. The van der Waals surface area contributed by atoms with E-state index in [1.807, 2.05) is 28.9 Å². The van der Waals surface area contributed by atoms with Gasteiger partial charge < -0.3 is 10.1 Å². The summed E-state index contributed by atoms with van der Waals surface area (Å²) in [5, 5.41) is 7.75. The molecule has 0 fully saturated rings. The molecule has 0 spiro atoms. The third-order valence-electron chi connectivity index (χ3n) is 4.54. The van der Waals surface area contributed by atoms with Crippen LogP contribution >= 0.6 is 0 Å². The molecule has 2 aromatic carbocycles. The highest BCUT2D eigenvalue weighted by Crippen LogP contribution is 2.32. The number of hydrogen-bond acceptors (Lipinski definition) is 4. The molecule has 0 unspecified atom stereocenters. The lowest BCUT2D eigenvalue weighted by Crippen LogP contribution is -2.20. The van der Waals surface area contributed by atoms with Crippen molar-refractivity contribution in [3.63, 3.8) is 0 Å². The summed E-state index contributed by atoms with van der Waals surface area (Å²) >= 11 is 0. The van der Waals surface area contributed by atoms with Crippen LogP contribution in [0.1, 0.15) is 29.7 Å². The maximum atomic E-state index is 5.25. The van der Waals surface area contributed by atoms with Crippen molar-refractivity contribution in [2.75, 3.05) is 12.4 Å². The van der Waals surface area contributed by atoms with E-state index in [0.717, 1.165) is 29.4 Å². The van der Waals surface area contributed by atoms with Gasteiger partial charge >= 0.3 is 0 Å². The number of aryl methyl sites for hydroxylation is 1. The standard InChI is InChI=1S/C20H20N4O/c1-3-14-4-6-16(7-5-14)19-12-18(23-20-21-13-22-24(19)20)15-8-10-17(25-2)11-9-15/h4-13,19H,3H2,1-2H3,(H,21,22,23)/t19-/m1/s1. The molecule has 1 N–H and O–H groups in total. The van der Waals surface area contributed by atoms with Crippen LogP contribution in [0.25, 0.3) is 5.70 Å². The fourth-order valence-corrected chi connectivity index (χ4v) is 3.06. The van der Waals surface area contributed by atoms with Gasteiger partial charge in [0.2, 0.25) is 5.95 Å². The Labute approximate surface area is 147 Å². The van der Waals surface area contributed by atoms with Gasteiger partial charge in [0.05, 0.1) is 7.11 Å². The van der Waals surface area contributed by atoms with Gasteiger partial charge in [-0.2, -0.15) is 10.1 Å². The van der Waals surface area contributed by atoms with E-state index in [0.29, 0.717) is 0 Å². The average Bonchev–Trinajstić information content (AvgIpc) is 3.16. The molecule has 3 aromatic rings. The summed E-state index contributed by atoms with van der Waals surface area (Å²) in [6.45, 7) is 2.16. The highest BCUT2D eigenvalue weighted by atomic mass is 16.5. The molecule has 0 bridgehead atoms. The minimum absolute atomic E-state index is 0.0155. The Bertz CT molecular complexity index is 894. The van der Waals surface area contributed by atoms with Crippen molar-refractivity contribution < 1.29 is 4.74 Å². The number of allylic oxidation sites excluding steroid dienone is 1. The number of nitrogens with zero attached hydrogens (tertiary/aromatic N) is 3. The predicted octanol–water partition coefficient (Wildman–Crippen LogP) is 3.91. The second-order valence-corrected chi connectivity index (χ2v) is 6.00. The molecule has 2 heterocycles. The maximum Gasteiger partial charge on any atom is 0.226 e. The Morgan fingerprint density at radius 3 is 2.52 bits per heavy atom. The van der Waals surface area contributed by atoms with E-state index < -0.39 is 0 Å². The first-order valence-corrected chi connectivity index (χ1v) is 8.40. The molecule has 0 saturated carbocycles.